The number of halogens is 2. The van der Waals surface area contributed by atoms with E-state index in [1.165, 1.54) is 6.07 Å². The van der Waals surface area contributed by atoms with Gasteiger partial charge < -0.3 is 9.84 Å². The van der Waals surface area contributed by atoms with Gasteiger partial charge in [-0.05, 0) is 30.2 Å². The zero-order valence-corrected chi connectivity index (χ0v) is 13.8. The average molecular weight is 371 g/mol. The summed E-state index contributed by atoms with van der Waals surface area (Å²) < 4.78 is 6.44. The van der Waals surface area contributed by atoms with Crippen LogP contribution in [0.1, 0.15) is 35.8 Å². The molecule has 0 bridgehead atoms. The second kappa shape index (κ2) is 6.45. The van der Waals surface area contributed by atoms with E-state index in [2.05, 4.69) is 20.9 Å². The molecule has 1 heterocycles. The van der Waals surface area contributed by atoms with Crippen molar-refractivity contribution in [2.45, 2.75) is 19.8 Å². The van der Waals surface area contributed by atoms with Gasteiger partial charge in [0.05, 0.1) is 10.6 Å². The maximum Gasteiger partial charge on any atom is 0.335 e. The number of nitrogens with zero attached hydrogens (tertiary/aromatic N) is 1. The maximum absolute atomic E-state index is 11.2. The molecule has 110 valence electrons. The molecule has 6 heteroatoms. The third-order valence-corrected chi connectivity index (χ3v) is 3.57. The topological polar surface area (TPSA) is 59.4 Å². The number of hydrogen-bond donors (Lipinski definition) is 1. The molecule has 1 aromatic heterocycles. The lowest BCUT2D eigenvalue weighted by Crippen LogP contribution is -2.03. The van der Waals surface area contributed by atoms with Gasteiger partial charge in [0.25, 0.3) is 0 Å². The number of hydrogen-bond acceptors (Lipinski definition) is 3. The number of carboxylic acids is 1. The number of benzene rings is 1. The predicted molar refractivity (Wildman–Crippen MR) is 84.5 cm³/mol. The Kier molecular flexibility index (Phi) is 4.85. The quantitative estimate of drug-likeness (QED) is 0.812. The molecule has 0 saturated heterocycles. The third-order valence-electron chi connectivity index (χ3n) is 2.77. The molecule has 4 nitrogen and oxygen atoms in total. The number of rotatable bonds is 4. The smallest absolute Gasteiger partial charge is 0.335 e. The van der Waals surface area contributed by atoms with Crippen molar-refractivity contribution in [3.8, 4) is 11.6 Å². The van der Waals surface area contributed by atoms with Crippen LogP contribution in [-0.4, -0.2) is 16.1 Å². The summed E-state index contributed by atoms with van der Waals surface area (Å²) in [5, 5.41) is 9.59. The van der Waals surface area contributed by atoms with Gasteiger partial charge in [0, 0.05) is 16.2 Å². The first-order chi connectivity index (χ1) is 9.86. The number of carboxylic acid groups (broad SMARTS) is 1. The molecule has 0 aliphatic rings. The van der Waals surface area contributed by atoms with Crippen LogP contribution in [-0.2, 0) is 0 Å². The summed E-state index contributed by atoms with van der Waals surface area (Å²) in [4.78, 5) is 15.5. The van der Waals surface area contributed by atoms with Gasteiger partial charge in [0.2, 0.25) is 5.88 Å². The SMILES string of the molecule is CC(C)c1cc(C(=O)O)cc(Oc2cc(Br)ccc2Cl)n1. The van der Waals surface area contributed by atoms with Crippen LogP contribution in [0, 0.1) is 0 Å². The van der Waals surface area contributed by atoms with Crippen molar-refractivity contribution in [3.63, 3.8) is 0 Å². The second-order valence-electron chi connectivity index (χ2n) is 4.76. The Morgan fingerprint density at radius 1 is 1.33 bits per heavy atom. The van der Waals surface area contributed by atoms with Crippen LogP contribution in [0.4, 0.5) is 0 Å². The summed E-state index contributed by atoms with van der Waals surface area (Å²) in [6.45, 7) is 3.87. The largest absolute Gasteiger partial charge is 0.478 e. The van der Waals surface area contributed by atoms with Crippen molar-refractivity contribution < 1.29 is 14.6 Å². The molecule has 0 amide bonds. The Bertz CT molecular complexity index is 689. The monoisotopic (exact) mass is 369 g/mol. The molecule has 0 aliphatic carbocycles. The van der Waals surface area contributed by atoms with Crippen molar-refractivity contribution >= 4 is 33.5 Å². The summed E-state index contributed by atoms with van der Waals surface area (Å²) in [7, 11) is 0. The van der Waals surface area contributed by atoms with E-state index in [-0.39, 0.29) is 17.4 Å². The van der Waals surface area contributed by atoms with E-state index in [1.54, 1.807) is 24.3 Å². The zero-order chi connectivity index (χ0) is 15.6. The summed E-state index contributed by atoms with van der Waals surface area (Å²) in [5.74, 6) is -0.316. The fraction of sp³-hybridized carbons (Fsp3) is 0.200. The second-order valence-corrected chi connectivity index (χ2v) is 6.08. The first-order valence-corrected chi connectivity index (χ1v) is 7.42. The van der Waals surface area contributed by atoms with Gasteiger partial charge in [-0.3, -0.25) is 0 Å². The van der Waals surface area contributed by atoms with E-state index >= 15 is 0 Å². The molecule has 2 rings (SSSR count). The summed E-state index contributed by atoms with van der Waals surface area (Å²) in [6.07, 6.45) is 0. The molecule has 0 spiro atoms. The molecule has 0 unspecified atom stereocenters. The van der Waals surface area contributed by atoms with Crippen molar-refractivity contribution in [2.75, 3.05) is 0 Å². The van der Waals surface area contributed by atoms with Gasteiger partial charge in [-0.1, -0.05) is 41.4 Å². The number of carbonyl (C=O) groups is 1. The Balaban J connectivity index is 2.43. The molecular weight excluding hydrogens is 358 g/mol. The molecule has 0 fully saturated rings. The highest BCUT2D eigenvalue weighted by atomic mass is 79.9. The molecule has 1 N–H and O–H groups in total. The van der Waals surface area contributed by atoms with Gasteiger partial charge in [0.1, 0.15) is 5.75 Å². The first-order valence-electron chi connectivity index (χ1n) is 6.25. The summed E-state index contributed by atoms with van der Waals surface area (Å²) in [5.41, 5.74) is 0.783. The standard InChI is InChI=1S/C15H13BrClNO3/c1-8(2)12-5-9(15(19)20)6-14(18-12)21-13-7-10(16)3-4-11(13)17/h3-8H,1-2H3,(H,19,20). The third kappa shape index (κ3) is 3.95. The Labute approximate surface area is 135 Å². The number of aromatic nitrogens is 1. The van der Waals surface area contributed by atoms with Crippen molar-refractivity contribution in [1.29, 1.82) is 0 Å². The van der Waals surface area contributed by atoms with Gasteiger partial charge in [0.15, 0.2) is 0 Å². The number of aromatic carboxylic acids is 1. The lowest BCUT2D eigenvalue weighted by molar-refractivity contribution is 0.0696. The normalized spacial score (nSPS) is 10.7. The van der Waals surface area contributed by atoms with Crippen molar-refractivity contribution in [2.24, 2.45) is 0 Å². The lowest BCUT2D eigenvalue weighted by Gasteiger charge is -2.11. The van der Waals surface area contributed by atoms with E-state index in [4.69, 9.17) is 21.4 Å². The minimum atomic E-state index is -1.02. The molecule has 0 radical (unpaired) electrons. The van der Waals surface area contributed by atoms with Crippen LogP contribution in [0.25, 0.3) is 0 Å². The van der Waals surface area contributed by atoms with Crippen LogP contribution in [0.3, 0.4) is 0 Å². The highest BCUT2D eigenvalue weighted by Gasteiger charge is 2.13. The number of pyridine rings is 1. The molecule has 0 saturated carbocycles. The predicted octanol–water partition coefficient (Wildman–Crippen LogP) is 5.11. The Morgan fingerprint density at radius 2 is 2.05 bits per heavy atom. The lowest BCUT2D eigenvalue weighted by atomic mass is 10.1. The fourth-order valence-corrected chi connectivity index (χ4v) is 2.16. The number of ether oxygens (including phenoxy) is 1. The van der Waals surface area contributed by atoms with Crippen molar-refractivity contribution in [3.05, 3.63) is 51.1 Å². The van der Waals surface area contributed by atoms with E-state index in [0.717, 1.165) is 4.47 Å². The highest BCUT2D eigenvalue weighted by molar-refractivity contribution is 9.10. The molecule has 0 aliphatic heterocycles. The van der Waals surface area contributed by atoms with Crippen LogP contribution >= 0.6 is 27.5 Å². The highest BCUT2D eigenvalue weighted by Crippen LogP contribution is 2.32. The van der Waals surface area contributed by atoms with Gasteiger partial charge in [-0.25, -0.2) is 9.78 Å². The fourth-order valence-electron chi connectivity index (χ4n) is 1.67. The molecular formula is C15H13BrClNO3. The molecule has 1 aromatic carbocycles. The molecule has 0 atom stereocenters. The Morgan fingerprint density at radius 3 is 2.67 bits per heavy atom. The average Bonchev–Trinajstić information content (AvgIpc) is 2.42. The zero-order valence-electron chi connectivity index (χ0n) is 11.4. The van der Waals surface area contributed by atoms with E-state index < -0.39 is 5.97 Å². The van der Waals surface area contributed by atoms with Crippen LogP contribution in [0.2, 0.25) is 5.02 Å². The maximum atomic E-state index is 11.2. The molecule has 2 aromatic rings. The van der Waals surface area contributed by atoms with E-state index in [0.29, 0.717) is 16.5 Å². The van der Waals surface area contributed by atoms with Gasteiger partial charge in [-0.2, -0.15) is 0 Å². The first kappa shape index (κ1) is 15.8. The van der Waals surface area contributed by atoms with Gasteiger partial charge >= 0.3 is 5.97 Å². The van der Waals surface area contributed by atoms with Crippen LogP contribution in [0.15, 0.2) is 34.8 Å². The summed E-state index contributed by atoms with van der Waals surface area (Å²) >= 11 is 9.39. The van der Waals surface area contributed by atoms with E-state index in [1.807, 2.05) is 13.8 Å². The molecule has 21 heavy (non-hydrogen) atoms. The minimum absolute atomic E-state index is 0.0876. The summed E-state index contributed by atoms with van der Waals surface area (Å²) in [6, 6.07) is 8.10. The van der Waals surface area contributed by atoms with Crippen LogP contribution in [0.5, 0.6) is 11.6 Å². The minimum Gasteiger partial charge on any atom is -0.478 e. The van der Waals surface area contributed by atoms with Crippen LogP contribution < -0.4 is 4.74 Å². The van der Waals surface area contributed by atoms with Crippen molar-refractivity contribution in [1.82, 2.24) is 4.98 Å². The van der Waals surface area contributed by atoms with E-state index in [9.17, 15) is 4.79 Å². The van der Waals surface area contributed by atoms with Gasteiger partial charge in [-0.15, -0.1) is 0 Å². The Hall–Kier alpha value is -1.59.